The Labute approximate surface area is 108 Å². The van der Waals surface area contributed by atoms with Crippen LogP contribution in [0.15, 0.2) is 15.9 Å². The van der Waals surface area contributed by atoms with Crippen LogP contribution in [0.5, 0.6) is 0 Å². The van der Waals surface area contributed by atoms with Crippen molar-refractivity contribution in [2.45, 2.75) is 18.9 Å². The van der Waals surface area contributed by atoms with Crippen molar-refractivity contribution in [2.24, 2.45) is 0 Å². The fraction of sp³-hybridized carbons (Fsp3) is 0.545. The number of carbonyl (C=O) groups is 1. The number of amides is 1. The molecule has 2 rings (SSSR count). The maximum atomic E-state index is 12.3. The lowest BCUT2D eigenvalue weighted by Crippen LogP contribution is -2.40. The molecule has 1 saturated heterocycles. The molecular formula is C11H15BrN2OS. The molecule has 1 aliphatic rings. The molecule has 1 aromatic heterocycles. The monoisotopic (exact) mass is 302 g/mol. The first-order chi connectivity index (χ1) is 7.74. The van der Waals surface area contributed by atoms with E-state index in [0.29, 0.717) is 6.04 Å². The van der Waals surface area contributed by atoms with E-state index in [9.17, 15) is 4.79 Å². The van der Waals surface area contributed by atoms with Gasteiger partial charge in [-0.15, -0.1) is 11.3 Å². The average molecular weight is 303 g/mol. The Morgan fingerprint density at radius 3 is 3.19 bits per heavy atom. The summed E-state index contributed by atoms with van der Waals surface area (Å²) in [5, 5.41) is 5.10. The van der Waals surface area contributed by atoms with E-state index in [0.717, 1.165) is 35.3 Å². The van der Waals surface area contributed by atoms with Crippen LogP contribution in [-0.4, -0.2) is 37.0 Å². The summed E-state index contributed by atoms with van der Waals surface area (Å²) in [6.07, 6.45) is 2.22. The normalized spacial score (nSPS) is 20.4. The van der Waals surface area contributed by atoms with Crippen molar-refractivity contribution < 1.29 is 4.79 Å². The third kappa shape index (κ3) is 2.31. The van der Waals surface area contributed by atoms with Gasteiger partial charge in [0.05, 0.1) is 0 Å². The van der Waals surface area contributed by atoms with E-state index in [-0.39, 0.29) is 5.91 Å². The molecule has 0 aliphatic carbocycles. The van der Waals surface area contributed by atoms with Gasteiger partial charge in [-0.2, -0.15) is 0 Å². The topological polar surface area (TPSA) is 32.3 Å². The van der Waals surface area contributed by atoms with Crippen molar-refractivity contribution in [2.75, 3.05) is 20.1 Å². The maximum Gasteiger partial charge on any atom is 0.265 e. The molecule has 2 heterocycles. The van der Waals surface area contributed by atoms with E-state index >= 15 is 0 Å². The molecule has 1 aromatic rings. The fourth-order valence-electron chi connectivity index (χ4n) is 2.13. The number of rotatable bonds is 3. The summed E-state index contributed by atoms with van der Waals surface area (Å²) in [4.78, 5) is 15.1. The van der Waals surface area contributed by atoms with Crippen molar-refractivity contribution in [3.05, 3.63) is 20.8 Å². The third-order valence-electron chi connectivity index (χ3n) is 2.89. The lowest BCUT2D eigenvalue weighted by Gasteiger charge is -2.24. The van der Waals surface area contributed by atoms with E-state index in [4.69, 9.17) is 0 Å². The zero-order valence-corrected chi connectivity index (χ0v) is 11.6. The quantitative estimate of drug-likeness (QED) is 0.929. The number of carbonyl (C=O) groups excluding carboxylic acids is 1. The Bertz CT molecular complexity index is 380. The highest BCUT2D eigenvalue weighted by atomic mass is 79.9. The molecule has 0 radical (unpaired) electrons. The molecule has 0 bridgehead atoms. The first-order valence-electron chi connectivity index (χ1n) is 5.42. The Morgan fingerprint density at radius 1 is 1.75 bits per heavy atom. The molecule has 1 N–H and O–H groups in total. The van der Waals surface area contributed by atoms with Crippen LogP contribution in [0.2, 0.25) is 0 Å². The highest BCUT2D eigenvalue weighted by Gasteiger charge is 2.30. The van der Waals surface area contributed by atoms with Crippen molar-refractivity contribution in [1.29, 1.82) is 0 Å². The molecule has 3 nitrogen and oxygen atoms in total. The second-order valence-electron chi connectivity index (χ2n) is 3.95. The Morgan fingerprint density at radius 2 is 2.56 bits per heavy atom. The smallest absolute Gasteiger partial charge is 0.265 e. The van der Waals surface area contributed by atoms with Crippen LogP contribution in [0.4, 0.5) is 0 Å². The molecule has 1 aliphatic heterocycles. The van der Waals surface area contributed by atoms with Gasteiger partial charge in [0, 0.05) is 23.6 Å². The highest BCUT2D eigenvalue weighted by Crippen LogP contribution is 2.27. The number of hydrogen-bond donors (Lipinski definition) is 1. The van der Waals surface area contributed by atoms with Crippen LogP contribution in [-0.2, 0) is 0 Å². The van der Waals surface area contributed by atoms with Crippen LogP contribution in [0.25, 0.3) is 0 Å². The molecule has 1 atom stereocenters. The number of nitrogens with one attached hydrogen (secondary N) is 1. The van der Waals surface area contributed by atoms with Crippen LogP contribution < -0.4 is 5.32 Å². The number of halogens is 1. The summed E-state index contributed by atoms with van der Waals surface area (Å²) < 4.78 is 0.914. The second kappa shape index (κ2) is 5.29. The molecular weight excluding hydrogens is 288 g/mol. The summed E-state index contributed by atoms with van der Waals surface area (Å²) in [5.41, 5.74) is 0. The van der Waals surface area contributed by atoms with Crippen molar-refractivity contribution in [1.82, 2.24) is 10.2 Å². The summed E-state index contributed by atoms with van der Waals surface area (Å²) in [7, 11) is 1.93. The van der Waals surface area contributed by atoms with Gasteiger partial charge >= 0.3 is 0 Å². The van der Waals surface area contributed by atoms with E-state index in [1.54, 1.807) is 0 Å². The third-order valence-corrected chi connectivity index (χ3v) is 4.71. The minimum Gasteiger partial charge on any atom is -0.334 e. The van der Waals surface area contributed by atoms with Gasteiger partial charge in [-0.25, -0.2) is 0 Å². The summed E-state index contributed by atoms with van der Waals surface area (Å²) >= 11 is 4.93. The Balaban J connectivity index is 2.12. The van der Waals surface area contributed by atoms with Crippen molar-refractivity contribution >= 4 is 33.2 Å². The molecule has 88 valence electrons. The molecule has 5 heteroatoms. The number of likely N-dealkylation sites (tertiary alicyclic amines) is 1. The molecule has 1 amide bonds. The molecule has 1 unspecified atom stereocenters. The van der Waals surface area contributed by atoms with Crippen LogP contribution in [0, 0.1) is 0 Å². The average Bonchev–Trinajstić information content (AvgIpc) is 2.87. The number of nitrogens with zero attached hydrogens (tertiary/aromatic N) is 1. The molecule has 0 aromatic carbocycles. The van der Waals surface area contributed by atoms with Gasteiger partial charge in [-0.05, 0) is 47.3 Å². The number of hydrogen-bond acceptors (Lipinski definition) is 3. The van der Waals surface area contributed by atoms with Gasteiger partial charge in [-0.3, -0.25) is 4.79 Å². The molecule has 0 spiro atoms. The zero-order valence-electron chi connectivity index (χ0n) is 9.20. The SMILES string of the molecule is CNCC1CCCN1C(=O)c1sccc1Br. The standard InChI is InChI=1S/C11H15BrN2OS/c1-13-7-8-3-2-5-14(8)11(15)10-9(12)4-6-16-10/h4,6,8,13H,2-3,5,7H2,1H3. The maximum absolute atomic E-state index is 12.3. The van der Waals surface area contributed by atoms with Crippen LogP contribution in [0.1, 0.15) is 22.5 Å². The van der Waals surface area contributed by atoms with Gasteiger partial charge in [-0.1, -0.05) is 0 Å². The number of thiophene rings is 1. The Kier molecular flexibility index (Phi) is 4.00. The molecule has 1 fully saturated rings. The lowest BCUT2D eigenvalue weighted by atomic mass is 10.2. The van der Waals surface area contributed by atoms with Gasteiger partial charge in [0.2, 0.25) is 0 Å². The summed E-state index contributed by atoms with van der Waals surface area (Å²) in [5.74, 6) is 0.166. The zero-order chi connectivity index (χ0) is 11.5. The second-order valence-corrected chi connectivity index (χ2v) is 5.72. The predicted octanol–water partition coefficient (Wildman–Crippen LogP) is 2.33. The van der Waals surface area contributed by atoms with Crippen LogP contribution >= 0.6 is 27.3 Å². The van der Waals surface area contributed by atoms with Gasteiger partial charge in [0.1, 0.15) is 4.88 Å². The molecule has 0 saturated carbocycles. The van der Waals surface area contributed by atoms with Gasteiger partial charge in [0.25, 0.3) is 5.91 Å². The summed E-state index contributed by atoms with van der Waals surface area (Å²) in [6.45, 7) is 1.77. The van der Waals surface area contributed by atoms with Gasteiger partial charge < -0.3 is 10.2 Å². The van der Waals surface area contributed by atoms with E-state index in [1.165, 1.54) is 11.3 Å². The predicted molar refractivity (Wildman–Crippen MR) is 70.0 cm³/mol. The Hall–Kier alpha value is -0.390. The highest BCUT2D eigenvalue weighted by molar-refractivity contribution is 9.10. The van der Waals surface area contributed by atoms with Crippen molar-refractivity contribution in [3.8, 4) is 0 Å². The summed E-state index contributed by atoms with van der Waals surface area (Å²) in [6, 6.07) is 2.28. The minimum absolute atomic E-state index is 0.166. The van der Waals surface area contributed by atoms with Crippen molar-refractivity contribution in [3.63, 3.8) is 0 Å². The lowest BCUT2D eigenvalue weighted by molar-refractivity contribution is 0.0741. The largest absolute Gasteiger partial charge is 0.334 e. The van der Waals surface area contributed by atoms with Gasteiger partial charge in [0.15, 0.2) is 0 Å². The van der Waals surface area contributed by atoms with E-state index in [2.05, 4.69) is 21.2 Å². The van der Waals surface area contributed by atoms with E-state index in [1.807, 2.05) is 23.4 Å². The molecule has 16 heavy (non-hydrogen) atoms. The first kappa shape index (κ1) is 12.1. The number of likely N-dealkylation sites (N-methyl/N-ethyl adjacent to an activating group) is 1. The van der Waals surface area contributed by atoms with Crippen LogP contribution in [0.3, 0.4) is 0 Å². The fourth-order valence-corrected chi connectivity index (χ4v) is 3.62. The first-order valence-corrected chi connectivity index (χ1v) is 7.10. The van der Waals surface area contributed by atoms with E-state index < -0.39 is 0 Å². The minimum atomic E-state index is 0.166.